The Kier molecular flexibility index (Phi) is 6.24. The van der Waals surface area contributed by atoms with E-state index in [0.717, 1.165) is 30.8 Å². The molecule has 0 aliphatic carbocycles. The van der Waals surface area contributed by atoms with Crippen molar-refractivity contribution in [2.45, 2.75) is 19.6 Å². The smallest absolute Gasteiger partial charge is 0.387 e. The molecule has 1 aromatic carbocycles. The van der Waals surface area contributed by atoms with Gasteiger partial charge in [-0.25, -0.2) is 4.98 Å². The van der Waals surface area contributed by atoms with Crippen molar-refractivity contribution in [2.75, 3.05) is 24.2 Å². The number of rotatable bonds is 6. The van der Waals surface area contributed by atoms with Gasteiger partial charge >= 0.3 is 6.61 Å². The standard InChI is InChI=1S/C21H21ClF2N6O2/c1-29-8-7-16-12(11-29)9-15(19(31)30(16)2)27-21-25-10-13(22)18(28-21)26-14-5-3-4-6-17(14)32-20(23)24/h3-6,9-10,20H,7-8,11H2,1-2H3,(H2,25,26,27,28). The largest absolute Gasteiger partial charge is 0.433 e. The number of halogens is 3. The normalized spacial score (nSPS) is 13.7. The predicted octanol–water partition coefficient (Wildman–Crippen LogP) is 3.91. The molecule has 1 aliphatic heterocycles. The first-order valence-corrected chi connectivity index (χ1v) is 10.2. The third kappa shape index (κ3) is 4.66. The van der Waals surface area contributed by atoms with Gasteiger partial charge in [0.1, 0.15) is 16.5 Å². The van der Waals surface area contributed by atoms with Crippen molar-refractivity contribution < 1.29 is 13.5 Å². The Labute approximate surface area is 187 Å². The van der Waals surface area contributed by atoms with Crippen LogP contribution in [-0.4, -0.2) is 39.6 Å². The first kappa shape index (κ1) is 22.0. The van der Waals surface area contributed by atoms with E-state index in [9.17, 15) is 13.6 Å². The third-order valence-corrected chi connectivity index (χ3v) is 5.42. The molecule has 1 aliphatic rings. The van der Waals surface area contributed by atoms with Gasteiger partial charge in [-0.05, 0) is 30.8 Å². The lowest BCUT2D eigenvalue weighted by Gasteiger charge is -2.27. The molecule has 11 heteroatoms. The van der Waals surface area contributed by atoms with Gasteiger partial charge < -0.3 is 24.8 Å². The average Bonchev–Trinajstić information content (AvgIpc) is 2.75. The van der Waals surface area contributed by atoms with Gasteiger partial charge in [-0.1, -0.05) is 23.7 Å². The monoisotopic (exact) mass is 462 g/mol. The number of alkyl halides is 2. The minimum absolute atomic E-state index is 0.0561. The second-order valence-electron chi connectivity index (χ2n) is 7.40. The molecule has 0 bridgehead atoms. The second-order valence-corrected chi connectivity index (χ2v) is 7.80. The average molecular weight is 463 g/mol. The van der Waals surface area contributed by atoms with E-state index in [-0.39, 0.29) is 33.8 Å². The SMILES string of the molecule is CN1CCc2c(cc(Nc3ncc(Cl)c(Nc4ccccc4OC(F)F)n3)c(=O)n2C)C1. The molecule has 0 unspecified atom stereocenters. The lowest BCUT2D eigenvalue weighted by atomic mass is 10.1. The quantitative estimate of drug-likeness (QED) is 0.574. The number of ether oxygens (including phenoxy) is 1. The Balaban J connectivity index is 1.63. The maximum absolute atomic E-state index is 12.8. The highest BCUT2D eigenvalue weighted by molar-refractivity contribution is 6.32. The van der Waals surface area contributed by atoms with E-state index < -0.39 is 6.61 Å². The maximum atomic E-state index is 12.8. The summed E-state index contributed by atoms with van der Waals surface area (Å²) in [5.74, 6) is 0.244. The van der Waals surface area contributed by atoms with Crippen LogP contribution in [0.15, 0.2) is 41.3 Å². The molecule has 0 atom stereocenters. The Morgan fingerprint density at radius 1 is 1.19 bits per heavy atom. The van der Waals surface area contributed by atoms with E-state index >= 15 is 0 Å². The summed E-state index contributed by atoms with van der Waals surface area (Å²) in [5, 5.41) is 6.01. The molecule has 0 radical (unpaired) electrons. The Morgan fingerprint density at radius 3 is 2.75 bits per heavy atom. The van der Waals surface area contributed by atoms with E-state index in [0.29, 0.717) is 5.69 Å². The summed E-state index contributed by atoms with van der Waals surface area (Å²) >= 11 is 6.20. The highest BCUT2D eigenvalue weighted by atomic mass is 35.5. The summed E-state index contributed by atoms with van der Waals surface area (Å²) in [4.78, 5) is 23.5. The molecule has 0 spiro atoms. The zero-order valence-corrected chi connectivity index (χ0v) is 18.2. The molecule has 0 amide bonds. The number of hydrogen-bond acceptors (Lipinski definition) is 7. The number of pyridine rings is 1. The zero-order valence-electron chi connectivity index (χ0n) is 17.4. The molecule has 2 N–H and O–H groups in total. The van der Waals surface area contributed by atoms with Gasteiger partial charge in [-0.2, -0.15) is 13.8 Å². The molecule has 2 aromatic heterocycles. The summed E-state index contributed by atoms with van der Waals surface area (Å²) in [7, 11) is 3.77. The minimum atomic E-state index is -2.98. The number of hydrogen-bond donors (Lipinski definition) is 2. The first-order chi connectivity index (χ1) is 15.3. The number of likely N-dealkylation sites (N-methyl/N-ethyl adjacent to an activating group) is 1. The van der Waals surface area contributed by atoms with Crippen LogP contribution in [0.4, 0.5) is 31.9 Å². The molecule has 8 nitrogen and oxygen atoms in total. The number of benzene rings is 1. The van der Waals surface area contributed by atoms with E-state index in [4.69, 9.17) is 11.6 Å². The van der Waals surface area contributed by atoms with Crippen LogP contribution < -0.4 is 20.9 Å². The molecular weight excluding hydrogens is 442 g/mol. The summed E-state index contributed by atoms with van der Waals surface area (Å²) in [6.07, 6.45) is 2.15. The lowest BCUT2D eigenvalue weighted by Crippen LogP contribution is -2.33. The van der Waals surface area contributed by atoms with Crippen molar-refractivity contribution in [2.24, 2.45) is 7.05 Å². The number of nitrogens with one attached hydrogen (secondary N) is 2. The first-order valence-electron chi connectivity index (χ1n) is 9.82. The van der Waals surface area contributed by atoms with Crippen LogP contribution in [0.25, 0.3) is 0 Å². The van der Waals surface area contributed by atoms with Crippen molar-refractivity contribution in [3.63, 3.8) is 0 Å². The van der Waals surface area contributed by atoms with Crippen LogP contribution in [0, 0.1) is 0 Å². The molecule has 0 fully saturated rings. The van der Waals surface area contributed by atoms with Crippen molar-refractivity contribution in [3.8, 4) is 5.75 Å². The van der Waals surface area contributed by atoms with E-state index in [1.807, 2.05) is 13.1 Å². The Hall–Kier alpha value is -3.24. The highest BCUT2D eigenvalue weighted by Crippen LogP contribution is 2.31. The molecule has 3 aromatic rings. The van der Waals surface area contributed by atoms with Gasteiger partial charge in [0.05, 0.1) is 11.9 Å². The van der Waals surface area contributed by atoms with E-state index in [1.165, 1.54) is 12.3 Å². The summed E-state index contributed by atoms with van der Waals surface area (Å²) in [6, 6.07) is 7.99. The lowest BCUT2D eigenvalue weighted by molar-refractivity contribution is -0.0493. The van der Waals surface area contributed by atoms with Crippen molar-refractivity contribution in [3.05, 3.63) is 63.2 Å². The number of fused-ring (bicyclic) bond motifs is 1. The van der Waals surface area contributed by atoms with Crippen molar-refractivity contribution >= 4 is 34.7 Å². The topological polar surface area (TPSA) is 84.3 Å². The van der Waals surface area contributed by atoms with Crippen LogP contribution in [-0.2, 0) is 20.0 Å². The summed E-state index contributed by atoms with van der Waals surface area (Å²) in [6.45, 7) is -1.36. The molecule has 3 heterocycles. The fraction of sp³-hybridized carbons (Fsp3) is 0.286. The third-order valence-electron chi connectivity index (χ3n) is 5.15. The molecule has 0 saturated heterocycles. The van der Waals surface area contributed by atoms with Gasteiger partial charge in [-0.3, -0.25) is 4.79 Å². The van der Waals surface area contributed by atoms with E-state index in [2.05, 4.69) is 30.2 Å². The highest BCUT2D eigenvalue weighted by Gasteiger charge is 2.19. The van der Waals surface area contributed by atoms with Gasteiger partial charge in [-0.15, -0.1) is 0 Å². The maximum Gasteiger partial charge on any atom is 0.387 e. The Bertz CT molecular complexity index is 1200. The molecule has 4 rings (SSSR count). The molecule has 32 heavy (non-hydrogen) atoms. The van der Waals surface area contributed by atoms with Gasteiger partial charge in [0.25, 0.3) is 5.56 Å². The number of anilines is 4. The summed E-state index contributed by atoms with van der Waals surface area (Å²) < 4.78 is 31.6. The van der Waals surface area contributed by atoms with Gasteiger partial charge in [0.15, 0.2) is 5.82 Å². The van der Waals surface area contributed by atoms with Crippen molar-refractivity contribution in [1.29, 1.82) is 0 Å². The van der Waals surface area contributed by atoms with Crippen LogP contribution in [0.5, 0.6) is 5.75 Å². The molecular formula is C21H21ClF2N6O2. The fourth-order valence-corrected chi connectivity index (χ4v) is 3.73. The van der Waals surface area contributed by atoms with Gasteiger partial charge in [0.2, 0.25) is 5.95 Å². The second kappa shape index (κ2) is 9.09. The number of para-hydroxylation sites is 2. The van der Waals surface area contributed by atoms with Crippen LogP contribution in [0.2, 0.25) is 5.02 Å². The Morgan fingerprint density at radius 2 is 1.97 bits per heavy atom. The predicted molar refractivity (Wildman–Crippen MR) is 118 cm³/mol. The molecule has 0 saturated carbocycles. The van der Waals surface area contributed by atoms with Crippen LogP contribution in [0.3, 0.4) is 0 Å². The van der Waals surface area contributed by atoms with Crippen LogP contribution >= 0.6 is 11.6 Å². The zero-order chi connectivity index (χ0) is 22.8. The number of aromatic nitrogens is 3. The van der Waals surface area contributed by atoms with E-state index in [1.54, 1.807) is 29.8 Å². The number of nitrogens with zero attached hydrogens (tertiary/aromatic N) is 4. The van der Waals surface area contributed by atoms with Gasteiger partial charge in [0, 0.05) is 32.3 Å². The molecule has 168 valence electrons. The fourth-order valence-electron chi connectivity index (χ4n) is 3.59. The van der Waals surface area contributed by atoms with Crippen molar-refractivity contribution in [1.82, 2.24) is 19.4 Å². The summed E-state index contributed by atoms with van der Waals surface area (Å²) in [5.41, 5.74) is 2.45. The van der Waals surface area contributed by atoms with Crippen LogP contribution in [0.1, 0.15) is 11.3 Å². The minimum Gasteiger partial charge on any atom is -0.433 e.